The molecule has 154 valence electrons. The number of hydrogen-bond donors (Lipinski definition) is 2. The lowest BCUT2D eigenvalue weighted by molar-refractivity contribution is -0.137. The van der Waals surface area contributed by atoms with Gasteiger partial charge in [0.25, 0.3) is 0 Å². The van der Waals surface area contributed by atoms with Gasteiger partial charge in [0.15, 0.2) is 0 Å². The molecule has 3 aromatic rings. The fourth-order valence-electron chi connectivity index (χ4n) is 2.95. The Balaban J connectivity index is 1.95. The monoisotopic (exact) mass is 412 g/mol. The lowest BCUT2D eigenvalue weighted by atomic mass is 9.97. The number of pyridine rings is 2. The van der Waals surface area contributed by atoms with Crippen LogP contribution in [-0.2, 0) is 12.6 Å². The van der Waals surface area contributed by atoms with E-state index in [2.05, 4.69) is 27.2 Å². The van der Waals surface area contributed by atoms with Gasteiger partial charge in [-0.05, 0) is 47.9 Å². The molecule has 2 amide bonds. The fraction of sp³-hybridized carbons (Fsp3) is 0.136. The first kappa shape index (κ1) is 21.0. The number of anilines is 1. The third-order valence-electron chi connectivity index (χ3n) is 4.33. The average molecular weight is 412 g/mol. The quantitative estimate of drug-likeness (QED) is 0.551. The van der Waals surface area contributed by atoms with Crippen LogP contribution in [-0.4, -0.2) is 16.0 Å². The molecule has 0 unspecified atom stereocenters. The Morgan fingerprint density at radius 2 is 1.83 bits per heavy atom. The molecule has 30 heavy (non-hydrogen) atoms. The number of amides is 2. The molecule has 2 heterocycles. The molecule has 5 nitrogen and oxygen atoms in total. The van der Waals surface area contributed by atoms with E-state index in [4.69, 9.17) is 0 Å². The minimum atomic E-state index is -4.45. The number of carbonyl (C=O) groups is 1. The van der Waals surface area contributed by atoms with Crippen LogP contribution >= 0.6 is 0 Å². The van der Waals surface area contributed by atoms with Crippen LogP contribution in [0.2, 0.25) is 0 Å². The van der Waals surface area contributed by atoms with Crippen molar-refractivity contribution in [1.29, 1.82) is 0 Å². The first-order chi connectivity index (χ1) is 14.4. The molecular formula is C22H19F3N4O. The van der Waals surface area contributed by atoms with Crippen LogP contribution in [0.15, 0.2) is 79.8 Å². The third-order valence-corrected chi connectivity index (χ3v) is 4.33. The van der Waals surface area contributed by atoms with Crippen LogP contribution in [0, 0.1) is 0 Å². The number of urea groups is 1. The highest BCUT2D eigenvalue weighted by atomic mass is 19.4. The molecule has 8 heteroatoms. The average Bonchev–Trinajstić information content (AvgIpc) is 2.73. The molecule has 1 atom stereocenters. The number of allylic oxidation sites excluding steroid dienone is 1. The summed E-state index contributed by atoms with van der Waals surface area (Å²) in [5.41, 5.74) is 1.51. The summed E-state index contributed by atoms with van der Waals surface area (Å²) in [6.45, 7) is 3.73. The maximum absolute atomic E-state index is 13.0. The van der Waals surface area contributed by atoms with Crippen molar-refractivity contribution in [2.75, 3.05) is 5.32 Å². The van der Waals surface area contributed by atoms with Crippen LogP contribution in [0.3, 0.4) is 0 Å². The molecule has 0 radical (unpaired) electrons. The maximum atomic E-state index is 13.0. The topological polar surface area (TPSA) is 66.9 Å². The number of rotatable bonds is 6. The number of carbonyl (C=O) groups excluding carboxylic acids is 1. The summed E-state index contributed by atoms with van der Waals surface area (Å²) in [4.78, 5) is 20.9. The summed E-state index contributed by atoms with van der Waals surface area (Å²) in [6, 6.07) is 10.3. The molecule has 2 N–H and O–H groups in total. The lowest BCUT2D eigenvalue weighted by Gasteiger charge is -2.22. The van der Waals surface area contributed by atoms with E-state index < -0.39 is 23.8 Å². The summed E-state index contributed by atoms with van der Waals surface area (Å²) in [6.07, 6.45) is 2.37. The Kier molecular flexibility index (Phi) is 6.46. The minimum Gasteiger partial charge on any atom is -0.325 e. The van der Waals surface area contributed by atoms with Crippen molar-refractivity contribution < 1.29 is 18.0 Å². The van der Waals surface area contributed by atoms with Crippen LogP contribution in [0.1, 0.15) is 28.4 Å². The first-order valence-electron chi connectivity index (χ1n) is 9.08. The van der Waals surface area contributed by atoms with Gasteiger partial charge in [-0.25, -0.2) is 4.79 Å². The molecule has 3 rings (SSSR count). The van der Waals surface area contributed by atoms with Crippen molar-refractivity contribution in [3.63, 3.8) is 0 Å². The zero-order valence-corrected chi connectivity index (χ0v) is 15.9. The van der Waals surface area contributed by atoms with Crippen LogP contribution in [0.4, 0.5) is 23.7 Å². The zero-order valence-electron chi connectivity index (χ0n) is 15.9. The van der Waals surface area contributed by atoms with E-state index in [0.717, 1.165) is 17.7 Å². The first-order valence-corrected chi connectivity index (χ1v) is 9.08. The van der Waals surface area contributed by atoms with Crippen molar-refractivity contribution in [2.45, 2.75) is 18.6 Å². The van der Waals surface area contributed by atoms with Crippen molar-refractivity contribution in [3.8, 4) is 0 Å². The molecule has 2 aromatic heterocycles. The second kappa shape index (κ2) is 9.21. The standard InChI is InChI=1S/C22H19F3N4O/c1-2-5-15-6-3-13-27-19(15)20(16-8-10-17(11-9-16)22(23,24)25)29-21(30)28-18-7-4-12-26-14-18/h2-4,6-14,20H,1,5H2,(H2,28,29,30)/t20-/m0/s1. The number of halogens is 3. The second-order valence-electron chi connectivity index (χ2n) is 6.43. The van der Waals surface area contributed by atoms with E-state index in [1.54, 1.807) is 36.7 Å². The third kappa shape index (κ3) is 5.22. The summed E-state index contributed by atoms with van der Waals surface area (Å²) >= 11 is 0. The molecule has 1 aromatic carbocycles. The van der Waals surface area contributed by atoms with Gasteiger partial charge >= 0.3 is 12.2 Å². The van der Waals surface area contributed by atoms with Gasteiger partial charge in [0, 0.05) is 12.4 Å². The van der Waals surface area contributed by atoms with E-state index in [0.29, 0.717) is 23.4 Å². The predicted molar refractivity (Wildman–Crippen MR) is 108 cm³/mol. The summed E-state index contributed by atoms with van der Waals surface area (Å²) in [5.74, 6) is 0. The highest BCUT2D eigenvalue weighted by Gasteiger charge is 2.30. The SMILES string of the molecule is C=CCc1cccnc1[C@@H](NC(=O)Nc1cccnc1)c1ccc(C(F)(F)F)cc1. The van der Waals surface area contributed by atoms with Gasteiger partial charge < -0.3 is 10.6 Å². The number of hydrogen-bond acceptors (Lipinski definition) is 3. The summed E-state index contributed by atoms with van der Waals surface area (Å²) in [5, 5.41) is 5.46. The number of benzene rings is 1. The van der Waals surface area contributed by atoms with Gasteiger partial charge in [-0.2, -0.15) is 13.2 Å². The molecule has 0 aliphatic heterocycles. The fourth-order valence-corrected chi connectivity index (χ4v) is 2.95. The van der Waals surface area contributed by atoms with Crippen molar-refractivity contribution in [2.24, 2.45) is 0 Å². The summed E-state index contributed by atoms with van der Waals surface area (Å²) in [7, 11) is 0. The van der Waals surface area contributed by atoms with E-state index in [1.807, 2.05) is 6.07 Å². The van der Waals surface area contributed by atoms with Gasteiger partial charge in [0.05, 0.1) is 29.2 Å². The Hall–Kier alpha value is -3.68. The molecule has 0 aliphatic carbocycles. The van der Waals surface area contributed by atoms with Gasteiger partial charge in [-0.1, -0.05) is 24.3 Å². The van der Waals surface area contributed by atoms with E-state index in [1.165, 1.54) is 18.3 Å². The molecule has 0 bridgehead atoms. The van der Waals surface area contributed by atoms with Crippen molar-refractivity contribution >= 4 is 11.7 Å². The maximum Gasteiger partial charge on any atom is 0.416 e. The Morgan fingerprint density at radius 1 is 1.10 bits per heavy atom. The highest BCUT2D eigenvalue weighted by Crippen LogP contribution is 2.31. The summed E-state index contributed by atoms with van der Waals surface area (Å²) < 4.78 is 38.9. The molecule has 0 saturated carbocycles. The van der Waals surface area contributed by atoms with Gasteiger partial charge in [-0.3, -0.25) is 9.97 Å². The van der Waals surface area contributed by atoms with E-state index >= 15 is 0 Å². The van der Waals surface area contributed by atoms with E-state index in [9.17, 15) is 18.0 Å². The molecule has 0 saturated heterocycles. The molecule has 0 spiro atoms. The number of nitrogens with zero attached hydrogens (tertiary/aromatic N) is 2. The van der Waals surface area contributed by atoms with Gasteiger partial charge in [-0.15, -0.1) is 6.58 Å². The highest BCUT2D eigenvalue weighted by molar-refractivity contribution is 5.89. The smallest absolute Gasteiger partial charge is 0.325 e. The second-order valence-corrected chi connectivity index (χ2v) is 6.43. The largest absolute Gasteiger partial charge is 0.416 e. The van der Waals surface area contributed by atoms with Gasteiger partial charge in [0.2, 0.25) is 0 Å². The number of aromatic nitrogens is 2. The number of alkyl halides is 3. The molecule has 0 aliphatic rings. The predicted octanol–water partition coefficient (Wildman–Crippen LogP) is 5.14. The Labute approximate surface area is 171 Å². The lowest BCUT2D eigenvalue weighted by Crippen LogP contribution is -2.34. The van der Waals surface area contributed by atoms with Crippen molar-refractivity contribution in [1.82, 2.24) is 15.3 Å². The molecule has 0 fully saturated rings. The van der Waals surface area contributed by atoms with E-state index in [-0.39, 0.29) is 0 Å². The number of nitrogens with one attached hydrogen (secondary N) is 2. The molecular weight excluding hydrogens is 393 g/mol. The Bertz CT molecular complexity index is 1000. The Morgan fingerprint density at radius 3 is 2.47 bits per heavy atom. The van der Waals surface area contributed by atoms with Crippen molar-refractivity contribution in [3.05, 3.63) is 102 Å². The zero-order chi connectivity index (χ0) is 21.6. The van der Waals surface area contributed by atoms with Gasteiger partial charge in [0.1, 0.15) is 0 Å². The van der Waals surface area contributed by atoms with Crippen LogP contribution in [0.25, 0.3) is 0 Å². The minimum absolute atomic E-state index is 0.466. The van der Waals surface area contributed by atoms with Crippen LogP contribution < -0.4 is 10.6 Å². The van der Waals surface area contributed by atoms with Crippen LogP contribution in [0.5, 0.6) is 0 Å². The normalized spacial score (nSPS) is 12.1.